The summed E-state index contributed by atoms with van der Waals surface area (Å²) in [7, 11) is 0. The normalized spacial score (nSPS) is 15.7. The molecule has 4 aromatic heterocycles. The van der Waals surface area contributed by atoms with Crippen LogP contribution in [0.4, 0.5) is 22.1 Å². The number of pyridine rings is 2. The van der Waals surface area contributed by atoms with E-state index in [-0.39, 0.29) is 6.04 Å². The maximum atomic E-state index is 11.4. The molecule has 1 fully saturated rings. The van der Waals surface area contributed by atoms with Crippen LogP contribution in [0.25, 0.3) is 16.7 Å². The molecule has 2 N–H and O–H groups in total. The number of carbonyl (C=O) groups is 1. The van der Waals surface area contributed by atoms with Gasteiger partial charge in [-0.15, -0.1) is 0 Å². The van der Waals surface area contributed by atoms with Gasteiger partial charge in [0, 0.05) is 43.6 Å². The maximum absolute atomic E-state index is 11.4. The number of hydrogen-bond acceptors (Lipinski definition) is 9. The Bertz CT molecular complexity index is 1650. The molecule has 192 valence electrons. The Morgan fingerprint density at radius 1 is 1.08 bits per heavy atom. The molecule has 38 heavy (non-hydrogen) atoms. The molecule has 0 unspecified atom stereocenters. The number of fused-ring (bicyclic) bond motifs is 2. The number of amides is 1. The van der Waals surface area contributed by atoms with Crippen LogP contribution < -0.4 is 15.0 Å². The number of hydrogen-bond donors (Lipinski definition) is 2. The van der Waals surface area contributed by atoms with Gasteiger partial charge in [-0.2, -0.15) is 5.10 Å². The number of aromatic nitrogens is 6. The summed E-state index contributed by atoms with van der Waals surface area (Å²) >= 11 is 0. The number of benzene rings is 1. The molecule has 1 saturated heterocycles. The highest BCUT2D eigenvalue weighted by atomic mass is 16.5. The third kappa shape index (κ3) is 4.47. The van der Waals surface area contributed by atoms with Crippen LogP contribution in [-0.4, -0.2) is 71.3 Å². The fraction of sp³-hybridized carbons (Fsp3) is 0.231. The first-order valence-electron chi connectivity index (χ1n) is 12.2. The summed E-state index contributed by atoms with van der Waals surface area (Å²) < 4.78 is 7.76. The van der Waals surface area contributed by atoms with Gasteiger partial charge in [0.15, 0.2) is 11.5 Å². The summed E-state index contributed by atoms with van der Waals surface area (Å²) in [4.78, 5) is 32.8. The molecule has 5 aromatic rings. The zero-order valence-corrected chi connectivity index (χ0v) is 20.8. The van der Waals surface area contributed by atoms with Gasteiger partial charge in [-0.3, -0.25) is 0 Å². The van der Waals surface area contributed by atoms with E-state index >= 15 is 0 Å². The molecule has 0 radical (unpaired) electrons. The number of piperazine rings is 1. The molecule has 5 heterocycles. The Morgan fingerprint density at radius 3 is 2.79 bits per heavy atom. The Balaban J connectivity index is 1.23. The van der Waals surface area contributed by atoms with Crippen LogP contribution in [0.1, 0.15) is 12.5 Å². The standard InChI is InChI=1S/C26H25N9O3/c1-16-11-18(3-5-21(16)38-19-7-8-35-23(12-19)28-15-30-35)31-25-24-20(27-14-29-25)4-6-22(32-24)33-9-10-34(26(36)37)17(2)13-33/h3-8,11-12,14-15,17H,9-10,13H2,1-2H3,(H,36,37)(H,27,29,31)/t17-/m1/s1. The molecule has 1 atom stereocenters. The number of carboxylic acid groups (broad SMARTS) is 1. The average molecular weight is 512 g/mol. The number of anilines is 3. The van der Waals surface area contributed by atoms with Gasteiger partial charge in [-0.25, -0.2) is 29.2 Å². The third-order valence-electron chi connectivity index (χ3n) is 6.58. The SMILES string of the molecule is Cc1cc(Nc2ncnc3ccc(N4CCN(C(=O)O)[C@H](C)C4)nc23)ccc1Oc1ccn2ncnc2c1. The van der Waals surface area contributed by atoms with Crippen molar-refractivity contribution in [3.05, 3.63) is 66.9 Å². The molecule has 1 amide bonds. The predicted octanol–water partition coefficient (Wildman–Crippen LogP) is 4.10. The monoisotopic (exact) mass is 511 g/mol. The van der Waals surface area contributed by atoms with Gasteiger partial charge in [-0.1, -0.05) is 0 Å². The van der Waals surface area contributed by atoms with E-state index in [0.717, 1.165) is 22.8 Å². The summed E-state index contributed by atoms with van der Waals surface area (Å²) in [6.45, 7) is 5.43. The molecule has 0 saturated carbocycles. The summed E-state index contributed by atoms with van der Waals surface area (Å²) in [5.41, 5.74) is 3.83. The second kappa shape index (κ2) is 9.47. The number of nitrogens with one attached hydrogen (secondary N) is 1. The fourth-order valence-electron chi connectivity index (χ4n) is 4.61. The molecular weight excluding hydrogens is 486 g/mol. The first-order valence-corrected chi connectivity index (χ1v) is 12.2. The highest BCUT2D eigenvalue weighted by Gasteiger charge is 2.28. The van der Waals surface area contributed by atoms with Gasteiger partial charge in [0.05, 0.1) is 5.52 Å². The molecule has 0 bridgehead atoms. The summed E-state index contributed by atoms with van der Waals surface area (Å²) in [6.07, 6.45) is 3.91. The quantitative estimate of drug-likeness (QED) is 0.355. The summed E-state index contributed by atoms with van der Waals surface area (Å²) in [5, 5.41) is 16.8. The number of aryl methyl sites for hydroxylation is 1. The molecule has 12 heteroatoms. The van der Waals surface area contributed by atoms with Crippen molar-refractivity contribution >= 4 is 40.1 Å². The smallest absolute Gasteiger partial charge is 0.407 e. The van der Waals surface area contributed by atoms with Crippen LogP contribution >= 0.6 is 0 Å². The topological polar surface area (TPSA) is 134 Å². The fourth-order valence-corrected chi connectivity index (χ4v) is 4.61. The van der Waals surface area contributed by atoms with Crippen molar-refractivity contribution in [1.82, 2.24) is 34.4 Å². The third-order valence-corrected chi connectivity index (χ3v) is 6.58. The highest BCUT2D eigenvalue weighted by Crippen LogP contribution is 2.30. The Hall–Kier alpha value is -5.00. The molecule has 1 aliphatic heterocycles. The molecule has 12 nitrogen and oxygen atoms in total. The number of ether oxygens (including phenoxy) is 1. The second-order valence-corrected chi connectivity index (χ2v) is 9.16. The van der Waals surface area contributed by atoms with E-state index in [1.54, 1.807) is 10.7 Å². The zero-order chi connectivity index (χ0) is 26.2. The van der Waals surface area contributed by atoms with E-state index in [0.29, 0.717) is 47.9 Å². The van der Waals surface area contributed by atoms with Crippen molar-refractivity contribution in [2.24, 2.45) is 0 Å². The van der Waals surface area contributed by atoms with Crippen LogP contribution in [0.5, 0.6) is 11.5 Å². The van der Waals surface area contributed by atoms with E-state index in [1.165, 1.54) is 17.6 Å². The van der Waals surface area contributed by atoms with E-state index in [9.17, 15) is 9.90 Å². The van der Waals surface area contributed by atoms with Crippen LogP contribution in [0, 0.1) is 6.92 Å². The minimum absolute atomic E-state index is 0.134. The lowest BCUT2D eigenvalue weighted by molar-refractivity contribution is 0.122. The minimum atomic E-state index is -0.897. The van der Waals surface area contributed by atoms with Gasteiger partial charge >= 0.3 is 6.09 Å². The lowest BCUT2D eigenvalue weighted by Crippen LogP contribution is -2.53. The number of nitrogens with zero attached hydrogens (tertiary/aromatic N) is 8. The van der Waals surface area contributed by atoms with E-state index in [1.807, 2.05) is 56.3 Å². The molecule has 0 spiro atoms. The van der Waals surface area contributed by atoms with Crippen LogP contribution in [0.2, 0.25) is 0 Å². The first kappa shape index (κ1) is 23.4. The van der Waals surface area contributed by atoms with Gasteiger partial charge in [0.25, 0.3) is 0 Å². The Labute approximate surface area is 217 Å². The zero-order valence-electron chi connectivity index (χ0n) is 20.8. The second-order valence-electron chi connectivity index (χ2n) is 9.16. The van der Waals surface area contributed by atoms with Gasteiger partial charge in [-0.05, 0) is 55.8 Å². The van der Waals surface area contributed by atoms with E-state index in [2.05, 4.69) is 30.3 Å². The molecule has 1 aromatic carbocycles. The van der Waals surface area contributed by atoms with E-state index in [4.69, 9.17) is 9.72 Å². The minimum Gasteiger partial charge on any atom is -0.465 e. The number of rotatable bonds is 5. The molecule has 6 rings (SSSR count). The van der Waals surface area contributed by atoms with Crippen molar-refractivity contribution in [3.63, 3.8) is 0 Å². The maximum Gasteiger partial charge on any atom is 0.407 e. The van der Waals surface area contributed by atoms with Crippen molar-refractivity contribution in [3.8, 4) is 11.5 Å². The van der Waals surface area contributed by atoms with Gasteiger partial charge in [0.2, 0.25) is 0 Å². The predicted molar refractivity (Wildman–Crippen MR) is 141 cm³/mol. The average Bonchev–Trinajstić information content (AvgIpc) is 3.38. The highest BCUT2D eigenvalue weighted by molar-refractivity contribution is 5.88. The van der Waals surface area contributed by atoms with Gasteiger partial charge < -0.3 is 25.0 Å². The molecule has 1 aliphatic rings. The summed E-state index contributed by atoms with van der Waals surface area (Å²) in [5.74, 6) is 2.74. The summed E-state index contributed by atoms with van der Waals surface area (Å²) in [6, 6.07) is 13.2. The van der Waals surface area contributed by atoms with Crippen molar-refractivity contribution < 1.29 is 14.6 Å². The van der Waals surface area contributed by atoms with Crippen molar-refractivity contribution in [2.45, 2.75) is 19.9 Å². The van der Waals surface area contributed by atoms with Crippen LogP contribution in [0.3, 0.4) is 0 Å². The molecular formula is C26H25N9O3. The first-order chi connectivity index (χ1) is 18.4. The Kier molecular flexibility index (Phi) is 5.83. The lowest BCUT2D eigenvalue weighted by Gasteiger charge is -2.38. The molecule has 0 aliphatic carbocycles. The van der Waals surface area contributed by atoms with Gasteiger partial charge in [0.1, 0.15) is 35.5 Å². The van der Waals surface area contributed by atoms with E-state index < -0.39 is 6.09 Å². The lowest BCUT2D eigenvalue weighted by atomic mass is 10.2. The largest absolute Gasteiger partial charge is 0.465 e. The van der Waals surface area contributed by atoms with Crippen molar-refractivity contribution in [1.29, 1.82) is 0 Å². The Morgan fingerprint density at radius 2 is 1.97 bits per heavy atom. The van der Waals surface area contributed by atoms with Crippen LogP contribution in [-0.2, 0) is 0 Å². The van der Waals surface area contributed by atoms with Crippen LogP contribution in [0.15, 0.2) is 61.3 Å². The van der Waals surface area contributed by atoms with Crippen molar-refractivity contribution in [2.75, 3.05) is 29.9 Å².